The second-order valence-electron chi connectivity index (χ2n) is 8.66. The summed E-state index contributed by atoms with van der Waals surface area (Å²) in [4.78, 5) is 29.4. The van der Waals surface area contributed by atoms with Crippen molar-refractivity contribution in [2.75, 3.05) is 45.9 Å². The van der Waals surface area contributed by atoms with Gasteiger partial charge in [-0.25, -0.2) is 8.78 Å². The van der Waals surface area contributed by atoms with E-state index in [9.17, 15) is 18.4 Å². The summed E-state index contributed by atoms with van der Waals surface area (Å²) >= 11 is 0. The lowest BCUT2D eigenvalue weighted by molar-refractivity contribution is -0.129. The molecule has 1 N–H and O–H groups in total. The molecule has 2 saturated heterocycles. The van der Waals surface area contributed by atoms with Crippen molar-refractivity contribution in [3.63, 3.8) is 0 Å². The van der Waals surface area contributed by atoms with Crippen LogP contribution in [0.3, 0.4) is 0 Å². The molecule has 2 aliphatic heterocycles. The van der Waals surface area contributed by atoms with E-state index in [1.807, 2.05) is 4.90 Å². The van der Waals surface area contributed by atoms with E-state index in [4.69, 9.17) is 4.74 Å². The van der Waals surface area contributed by atoms with Gasteiger partial charge in [-0.1, -0.05) is 13.0 Å². The van der Waals surface area contributed by atoms with E-state index in [-0.39, 0.29) is 23.8 Å². The zero-order chi connectivity index (χ0) is 21.3. The predicted octanol–water partition coefficient (Wildman–Crippen LogP) is 1.90. The van der Waals surface area contributed by atoms with Gasteiger partial charge in [0, 0.05) is 45.2 Å². The SMILES string of the molecule is C[C@H]1C[C@@H]2[C@@H](CC(=O)N2CCN2CCOCC2)[C@@H]1CNC(=O)c1c(F)cccc1F. The van der Waals surface area contributed by atoms with E-state index in [0.717, 1.165) is 51.4 Å². The summed E-state index contributed by atoms with van der Waals surface area (Å²) < 4.78 is 33.1. The Bertz CT molecular complexity index is 780. The minimum atomic E-state index is -0.866. The van der Waals surface area contributed by atoms with Gasteiger partial charge in [-0.3, -0.25) is 14.5 Å². The molecular weight excluding hydrogens is 392 g/mol. The molecule has 4 rings (SSSR count). The van der Waals surface area contributed by atoms with E-state index in [1.54, 1.807) is 0 Å². The molecule has 2 heterocycles. The van der Waals surface area contributed by atoms with Crippen LogP contribution in [0.5, 0.6) is 0 Å². The number of nitrogens with zero attached hydrogens (tertiary/aromatic N) is 2. The van der Waals surface area contributed by atoms with Gasteiger partial charge in [0.1, 0.15) is 17.2 Å². The molecule has 6 nitrogen and oxygen atoms in total. The number of morpholine rings is 1. The Hall–Kier alpha value is -2.06. The normalized spacial score (nSPS) is 29.3. The van der Waals surface area contributed by atoms with E-state index in [2.05, 4.69) is 17.1 Å². The molecule has 1 aromatic rings. The van der Waals surface area contributed by atoms with Gasteiger partial charge in [0.2, 0.25) is 5.91 Å². The Morgan fingerprint density at radius 3 is 2.60 bits per heavy atom. The quantitative estimate of drug-likeness (QED) is 0.762. The lowest BCUT2D eigenvalue weighted by Crippen LogP contribution is -2.44. The summed E-state index contributed by atoms with van der Waals surface area (Å²) in [6.45, 7) is 7.28. The molecule has 30 heavy (non-hydrogen) atoms. The van der Waals surface area contributed by atoms with Crippen LogP contribution in [0.1, 0.15) is 30.1 Å². The largest absolute Gasteiger partial charge is 0.379 e. The predicted molar refractivity (Wildman–Crippen MR) is 107 cm³/mol. The highest BCUT2D eigenvalue weighted by Crippen LogP contribution is 2.45. The van der Waals surface area contributed by atoms with Crippen LogP contribution in [0.2, 0.25) is 0 Å². The van der Waals surface area contributed by atoms with Crippen molar-refractivity contribution in [3.8, 4) is 0 Å². The monoisotopic (exact) mass is 421 g/mol. The number of fused-ring (bicyclic) bond motifs is 1. The maximum atomic E-state index is 13.9. The molecule has 2 amide bonds. The number of halogens is 2. The van der Waals surface area contributed by atoms with Crippen LogP contribution in [-0.2, 0) is 9.53 Å². The standard InChI is InChI=1S/C22H29F2N3O3/c1-14-11-19-15(12-20(28)27(19)6-5-26-7-9-30-10-8-26)16(14)13-25-22(29)21-17(23)3-2-4-18(21)24/h2-4,14-16,19H,5-13H2,1H3,(H,25,29)/t14-,15-,16+,19+/m0/s1. The zero-order valence-corrected chi connectivity index (χ0v) is 17.3. The van der Waals surface area contributed by atoms with Crippen LogP contribution in [0.15, 0.2) is 18.2 Å². The second-order valence-corrected chi connectivity index (χ2v) is 8.66. The number of rotatable bonds is 6. The van der Waals surface area contributed by atoms with Crippen LogP contribution in [0.4, 0.5) is 8.78 Å². The third-order valence-electron chi connectivity index (χ3n) is 6.97. The zero-order valence-electron chi connectivity index (χ0n) is 17.3. The molecule has 0 aromatic heterocycles. The number of nitrogens with one attached hydrogen (secondary N) is 1. The molecule has 4 atom stereocenters. The van der Waals surface area contributed by atoms with Gasteiger partial charge >= 0.3 is 0 Å². The summed E-state index contributed by atoms with van der Waals surface area (Å²) in [7, 11) is 0. The lowest BCUT2D eigenvalue weighted by Gasteiger charge is -2.31. The third-order valence-corrected chi connectivity index (χ3v) is 6.97. The number of carbonyl (C=O) groups excluding carboxylic acids is 2. The van der Waals surface area contributed by atoms with E-state index in [1.165, 1.54) is 6.07 Å². The number of benzene rings is 1. The maximum absolute atomic E-state index is 13.9. The van der Waals surface area contributed by atoms with Crippen molar-refractivity contribution in [1.29, 1.82) is 0 Å². The number of carbonyl (C=O) groups is 2. The van der Waals surface area contributed by atoms with Crippen molar-refractivity contribution >= 4 is 11.8 Å². The molecule has 1 aliphatic carbocycles. The second kappa shape index (κ2) is 8.98. The molecule has 0 radical (unpaired) electrons. The molecule has 3 aliphatic rings. The van der Waals surface area contributed by atoms with Crippen molar-refractivity contribution in [2.45, 2.75) is 25.8 Å². The van der Waals surface area contributed by atoms with E-state index < -0.39 is 23.1 Å². The van der Waals surface area contributed by atoms with Crippen LogP contribution in [-0.4, -0.2) is 73.6 Å². The molecule has 1 aromatic carbocycles. The number of hydrogen-bond acceptors (Lipinski definition) is 4. The van der Waals surface area contributed by atoms with E-state index >= 15 is 0 Å². The molecule has 0 bridgehead atoms. The molecular formula is C22H29F2N3O3. The van der Waals surface area contributed by atoms with Gasteiger partial charge in [-0.2, -0.15) is 0 Å². The van der Waals surface area contributed by atoms with Gasteiger partial charge in [0.25, 0.3) is 5.91 Å². The minimum absolute atomic E-state index is 0.117. The molecule has 1 saturated carbocycles. The fraction of sp³-hybridized carbons (Fsp3) is 0.636. The summed E-state index contributed by atoms with van der Waals surface area (Å²) in [5, 5.41) is 2.71. The Morgan fingerprint density at radius 1 is 1.20 bits per heavy atom. The summed E-state index contributed by atoms with van der Waals surface area (Å²) in [6, 6.07) is 3.57. The third kappa shape index (κ3) is 4.21. The first-order valence-electron chi connectivity index (χ1n) is 10.8. The first kappa shape index (κ1) is 21.2. The van der Waals surface area contributed by atoms with Gasteiger partial charge in [0.15, 0.2) is 0 Å². The molecule has 3 fully saturated rings. The van der Waals surface area contributed by atoms with Crippen molar-refractivity contribution in [1.82, 2.24) is 15.1 Å². The van der Waals surface area contributed by atoms with Gasteiger partial charge in [-0.15, -0.1) is 0 Å². The first-order chi connectivity index (χ1) is 14.5. The Labute approximate surface area is 175 Å². The van der Waals surface area contributed by atoms with Crippen LogP contribution < -0.4 is 5.32 Å². The van der Waals surface area contributed by atoms with Crippen molar-refractivity contribution in [2.24, 2.45) is 17.8 Å². The maximum Gasteiger partial charge on any atom is 0.257 e. The van der Waals surface area contributed by atoms with Crippen LogP contribution in [0.25, 0.3) is 0 Å². The van der Waals surface area contributed by atoms with Gasteiger partial charge < -0.3 is 15.0 Å². The summed E-state index contributed by atoms with van der Waals surface area (Å²) in [5.41, 5.74) is -0.547. The number of amides is 2. The molecule has 8 heteroatoms. The van der Waals surface area contributed by atoms with Crippen LogP contribution in [0, 0.1) is 29.4 Å². The lowest BCUT2D eigenvalue weighted by atomic mass is 9.88. The van der Waals surface area contributed by atoms with Crippen LogP contribution >= 0.6 is 0 Å². The van der Waals surface area contributed by atoms with Gasteiger partial charge in [0.05, 0.1) is 13.2 Å². The highest BCUT2D eigenvalue weighted by atomic mass is 19.1. The van der Waals surface area contributed by atoms with Gasteiger partial charge in [-0.05, 0) is 36.3 Å². The molecule has 0 unspecified atom stereocenters. The molecule has 164 valence electrons. The first-order valence-corrected chi connectivity index (χ1v) is 10.8. The Balaban J connectivity index is 1.35. The highest BCUT2D eigenvalue weighted by molar-refractivity contribution is 5.94. The number of likely N-dealkylation sites (tertiary alicyclic amines) is 1. The average Bonchev–Trinajstić information content (AvgIpc) is 3.18. The Kier molecular flexibility index (Phi) is 6.34. The highest BCUT2D eigenvalue weighted by Gasteiger charge is 2.50. The fourth-order valence-electron chi connectivity index (χ4n) is 5.32. The Morgan fingerprint density at radius 2 is 1.90 bits per heavy atom. The summed E-state index contributed by atoms with van der Waals surface area (Å²) in [6.07, 6.45) is 1.38. The average molecular weight is 421 g/mol. The van der Waals surface area contributed by atoms with Crippen molar-refractivity contribution in [3.05, 3.63) is 35.4 Å². The minimum Gasteiger partial charge on any atom is -0.379 e. The smallest absolute Gasteiger partial charge is 0.257 e. The topological polar surface area (TPSA) is 61.9 Å². The molecule has 0 spiro atoms. The summed E-state index contributed by atoms with van der Waals surface area (Å²) in [5.74, 6) is -1.69. The fourth-order valence-corrected chi connectivity index (χ4v) is 5.32. The number of hydrogen-bond donors (Lipinski definition) is 1. The van der Waals surface area contributed by atoms with Crippen molar-refractivity contribution < 1.29 is 23.1 Å². The number of ether oxygens (including phenoxy) is 1. The van der Waals surface area contributed by atoms with E-state index in [0.29, 0.717) is 25.4 Å².